The summed E-state index contributed by atoms with van der Waals surface area (Å²) in [6.07, 6.45) is 2.78. The van der Waals surface area contributed by atoms with Crippen LogP contribution in [0, 0.1) is 5.41 Å². The van der Waals surface area contributed by atoms with Crippen LogP contribution in [0.4, 0.5) is 0 Å². The molecule has 0 spiro atoms. The lowest BCUT2D eigenvalue weighted by Gasteiger charge is -2.33. The van der Waals surface area contributed by atoms with Crippen LogP contribution in [-0.4, -0.2) is 43.3 Å². The van der Waals surface area contributed by atoms with Crippen molar-refractivity contribution >= 4 is 11.9 Å². The first-order valence-corrected chi connectivity index (χ1v) is 8.85. The van der Waals surface area contributed by atoms with Crippen LogP contribution < -0.4 is 10.1 Å². The van der Waals surface area contributed by atoms with E-state index in [0.717, 1.165) is 17.7 Å². The molecule has 1 fully saturated rings. The molecular weight excluding hydrogens is 322 g/mol. The van der Waals surface area contributed by atoms with Crippen molar-refractivity contribution in [1.82, 2.24) is 5.32 Å². The van der Waals surface area contributed by atoms with E-state index in [0.29, 0.717) is 45.5 Å². The van der Waals surface area contributed by atoms with E-state index in [4.69, 9.17) is 9.47 Å². The first-order valence-electron chi connectivity index (χ1n) is 8.85. The fourth-order valence-corrected chi connectivity index (χ4v) is 2.81. The van der Waals surface area contributed by atoms with Gasteiger partial charge in [0.15, 0.2) is 0 Å². The van der Waals surface area contributed by atoms with E-state index in [9.17, 15) is 14.7 Å². The summed E-state index contributed by atoms with van der Waals surface area (Å²) in [6.45, 7) is 3.76. The number of nitrogens with one attached hydrogen (secondary N) is 1. The van der Waals surface area contributed by atoms with Crippen molar-refractivity contribution < 1.29 is 24.2 Å². The Kier molecular flexibility index (Phi) is 7.25. The van der Waals surface area contributed by atoms with E-state index < -0.39 is 11.4 Å². The van der Waals surface area contributed by atoms with Gasteiger partial charge in [0.2, 0.25) is 5.91 Å². The second-order valence-corrected chi connectivity index (χ2v) is 6.47. The average Bonchev–Trinajstić information content (AvgIpc) is 2.64. The SMILES string of the molecule is CCCOc1ccc(CCC(=O)NCC2(C(=O)O)CCOCC2)cc1. The number of aryl methyl sites for hydroxylation is 1. The minimum absolute atomic E-state index is 0.126. The standard InChI is InChI=1S/C19H27NO5/c1-2-11-25-16-6-3-15(4-7-16)5-8-17(21)20-14-19(18(22)23)9-12-24-13-10-19/h3-4,6-7H,2,5,8-14H2,1H3,(H,20,21)(H,22,23). The Balaban J connectivity index is 1.77. The zero-order valence-corrected chi connectivity index (χ0v) is 14.8. The molecule has 1 aliphatic heterocycles. The topological polar surface area (TPSA) is 84.9 Å². The second-order valence-electron chi connectivity index (χ2n) is 6.47. The third-order valence-electron chi connectivity index (χ3n) is 4.56. The normalized spacial score (nSPS) is 16.2. The van der Waals surface area contributed by atoms with Crippen LogP contribution in [-0.2, 0) is 20.7 Å². The van der Waals surface area contributed by atoms with Gasteiger partial charge in [0.1, 0.15) is 5.75 Å². The lowest BCUT2D eigenvalue weighted by Crippen LogP contribution is -2.46. The zero-order chi connectivity index (χ0) is 18.1. The molecule has 0 aliphatic carbocycles. The van der Waals surface area contributed by atoms with Crippen LogP contribution in [0.25, 0.3) is 0 Å². The van der Waals surface area contributed by atoms with Crippen molar-refractivity contribution in [3.8, 4) is 5.75 Å². The van der Waals surface area contributed by atoms with Gasteiger partial charge in [0.25, 0.3) is 0 Å². The summed E-state index contributed by atoms with van der Waals surface area (Å²) in [7, 11) is 0. The van der Waals surface area contributed by atoms with Crippen molar-refractivity contribution in [3.63, 3.8) is 0 Å². The summed E-state index contributed by atoms with van der Waals surface area (Å²) in [4.78, 5) is 23.6. The molecule has 0 aromatic heterocycles. The lowest BCUT2D eigenvalue weighted by molar-refractivity contribution is -0.154. The van der Waals surface area contributed by atoms with Gasteiger partial charge in [-0.2, -0.15) is 0 Å². The van der Waals surface area contributed by atoms with Crippen LogP contribution in [0.2, 0.25) is 0 Å². The Labute approximate surface area is 148 Å². The quantitative estimate of drug-likeness (QED) is 0.715. The molecule has 0 saturated carbocycles. The molecule has 1 heterocycles. The Hall–Kier alpha value is -2.08. The molecule has 1 aliphatic rings. The number of hydrogen-bond acceptors (Lipinski definition) is 4. The first-order chi connectivity index (χ1) is 12.1. The summed E-state index contributed by atoms with van der Waals surface area (Å²) < 4.78 is 10.8. The Morgan fingerprint density at radius 1 is 1.24 bits per heavy atom. The number of hydrogen-bond donors (Lipinski definition) is 2. The van der Waals surface area contributed by atoms with Crippen molar-refractivity contribution in [1.29, 1.82) is 0 Å². The van der Waals surface area contributed by atoms with Crippen LogP contribution in [0.15, 0.2) is 24.3 Å². The minimum atomic E-state index is -0.897. The average molecular weight is 349 g/mol. The van der Waals surface area contributed by atoms with Gasteiger partial charge in [0, 0.05) is 26.2 Å². The molecular formula is C19H27NO5. The van der Waals surface area contributed by atoms with Crippen molar-refractivity contribution in [2.24, 2.45) is 5.41 Å². The molecule has 6 heteroatoms. The molecule has 0 atom stereocenters. The van der Waals surface area contributed by atoms with Gasteiger partial charge in [-0.25, -0.2) is 0 Å². The highest BCUT2D eigenvalue weighted by Crippen LogP contribution is 2.30. The van der Waals surface area contributed by atoms with Gasteiger partial charge in [-0.15, -0.1) is 0 Å². The Bertz CT molecular complexity index is 564. The van der Waals surface area contributed by atoms with Crippen LogP contribution in [0.5, 0.6) is 5.75 Å². The van der Waals surface area contributed by atoms with Gasteiger partial charge in [-0.3, -0.25) is 9.59 Å². The maximum atomic E-state index is 12.1. The molecule has 1 aromatic carbocycles. The fourth-order valence-electron chi connectivity index (χ4n) is 2.81. The minimum Gasteiger partial charge on any atom is -0.494 e. The molecule has 1 saturated heterocycles. The third-order valence-corrected chi connectivity index (χ3v) is 4.56. The zero-order valence-electron chi connectivity index (χ0n) is 14.8. The molecule has 1 amide bonds. The smallest absolute Gasteiger partial charge is 0.311 e. The molecule has 0 radical (unpaired) electrons. The number of benzene rings is 1. The summed E-state index contributed by atoms with van der Waals surface area (Å²) in [5, 5.41) is 12.3. The number of rotatable bonds is 9. The molecule has 6 nitrogen and oxygen atoms in total. The number of carboxylic acids is 1. The second kappa shape index (κ2) is 9.42. The van der Waals surface area contributed by atoms with Gasteiger partial charge in [0.05, 0.1) is 12.0 Å². The highest BCUT2D eigenvalue weighted by atomic mass is 16.5. The number of carbonyl (C=O) groups excluding carboxylic acids is 1. The highest BCUT2D eigenvalue weighted by molar-refractivity contribution is 5.79. The number of carbonyl (C=O) groups is 2. The van der Waals surface area contributed by atoms with Gasteiger partial charge in [-0.1, -0.05) is 19.1 Å². The fraction of sp³-hybridized carbons (Fsp3) is 0.579. The number of amides is 1. The molecule has 0 unspecified atom stereocenters. The molecule has 138 valence electrons. The Morgan fingerprint density at radius 2 is 1.92 bits per heavy atom. The first kappa shape index (κ1) is 19.2. The van der Waals surface area contributed by atoms with Gasteiger partial charge >= 0.3 is 5.97 Å². The highest BCUT2D eigenvalue weighted by Gasteiger charge is 2.40. The molecule has 2 N–H and O–H groups in total. The van der Waals surface area contributed by atoms with Crippen molar-refractivity contribution in [2.45, 2.75) is 39.0 Å². The van der Waals surface area contributed by atoms with Crippen molar-refractivity contribution in [3.05, 3.63) is 29.8 Å². The molecule has 1 aromatic rings. The Morgan fingerprint density at radius 3 is 2.52 bits per heavy atom. The van der Waals surface area contributed by atoms with E-state index in [1.165, 1.54) is 0 Å². The van der Waals surface area contributed by atoms with E-state index in [2.05, 4.69) is 12.2 Å². The number of carboxylic acid groups (broad SMARTS) is 1. The van der Waals surface area contributed by atoms with Crippen LogP contribution >= 0.6 is 0 Å². The van der Waals surface area contributed by atoms with Crippen LogP contribution in [0.3, 0.4) is 0 Å². The third kappa shape index (κ3) is 5.74. The van der Waals surface area contributed by atoms with E-state index in [-0.39, 0.29) is 12.5 Å². The number of ether oxygens (including phenoxy) is 2. The molecule has 0 bridgehead atoms. The summed E-state index contributed by atoms with van der Waals surface area (Å²) in [6, 6.07) is 7.72. The number of aliphatic carboxylic acids is 1. The summed E-state index contributed by atoms with van der Waals surface area (Å²) in [5.41, 5.74) is 0.157. The lowest BCUT2D eigenvalue weighted by atomic mass is 9.80. The monoisotopic (exact) mass is 349 g/mol. The van der Waals surface area contributed by atoms with E-state index >= 15 is 0 Å². The largest absolute Gasteiger partial charge is 0.494 e. The van der Waals surface area contributed by atoms with Gasteiger partial charge in [-0.05, 0) is 43.4 Å². The van der Waals surface area contributed by atoms with E-state index in [1.807, 2.05) is 24.3 Å². The van der Waals surface area contributed by atoms with Crippen molar-refractivity contribution in [2.75, 3.05) is 26.4 Å². The molecule has 25 heavy (non-hydrogen) atoms. The van der Waals surface area contributed by atoms with Gasteiger partial charge < -0.3 is 19.9 Å². The van der Waals surface area contributed by atoms with E-state index in [1.54, 1.807) is 0 Å². The predicted octanol–water partition coefficient (Wildman–Crippen LogP) is 2.41. The van der Waals surface area contributed by atoms with Crippen LogP contribution in [0.1, 0.15) is 38.2 Å². The predicted molar refractivity (Wildman–Crippen MR) is 93.7 cm³/mol. The maximum Gasteiger partial charge on any atom is 0.311 e. The molecule has 2 rings (SSSR count). The summed E-state index contributed by atoms with van der Waals surface area (Å²) >= 11 is 0. The maximum absolute atomic E-state index is 12.1. The summed E-state index contributed by atoms with van der Waals surface area (Å²) in [5.74, 6) is -0.157.